The van der Waals surface area contributed by atoms with Crippen LogP contribution in [0.1, 0.15) is 35.1 Å². The number of nitrogens with zero attached hydrogens (tertiary/aromatic N) is 4. The van der Waals surface area contributed by atoms with Gasteiger partial charge in [0.15, 0.2) is 0 Å². The zero-order valence-electron chi connectivity index (χ0n) is 19.7. The minimum absolute atomic E-state index is 0.718. The highest BCUT2D eigenvalue weighted by Crippen LogP contribution is 2.29. The van der Waals surface area contributed by atoms with E-state index in [1.54, 1.807) is 0 Å². The van der Waals surface area contributed by atoms with E-state index in [2.05, 4.69) is 21.2 Å². The van der Waals surface area contributed by atoms with E-state index in [-0.39, 0.29) is 0 Å². The summed E-state index contributed by atoms with van der Waals surface area (Å²) in [7, 11) is 1.97. The number of carboxylic acids is 2. The van der Waals surface area contributed by atoms with Crippen LogP contribution in [0, 0.1) is 5.92 Å². The molecule has 15 heteroatoms. The third kappa shape index (κ3) is 10.8. The summed E-state index contributed by atoms with van der Waals surface area (Å²) in [6, 6.07) is 0. The Morgan fingerprint density at radius 3 is 2.14 bits per heavy atom. The average Bonchev–Trinajstić information content (AvgIpc) is 3.53. The monoisotopic (exact) mass is 540 g/mol. The second kappa shape index (κ2) is 12.9. The second-order valence-corrected chi connectivity index (χ2v) is 8.48. The van der Waals surface area contributed by atoms with Gasteiger partial charge in [0.2, 0.25) is 0 Å². The topological polar surface area (TPSA) is 118 Å². The Hall–Kier alpha value is -3.20. The van der Waals surface area contributed by atoms with Crippen molar-refractivity contribution in [2.45, 2.75) is 51.3 Å². The fraction of sp³-hybridized carbons (Fsp3) is 0.545. The first-order valence-electron chi connectivity index (χ1n) is 11.0. The molecule has 4 rings (SSSR count). The molecule has 0 aromatic carbocycles. The summed E-state index contributed by atoms with van der Waals surface area (Å²) in [5.74, 6) is -4.70. The number of aliphatic carboxylic acids is 2. The minimum atomic E-state index is -5.08. The maximum Gasteiger partial charge on any atom is 0.490 e. The van der Waals surface area contributed by atoms with Gasteiger partial charge in [-0.2, -0.15) is 31.4 Å². The zero-order valence-corrected chi connectivity index (χ0v) is 19.7. The number of pyridine rings is 1. The third-order valence-electron chi connectivity index (χ3n) is 5.27. The molecule has 1 fully saturated rings. The smallest absolute Gasteiger partial charge is 0.475 e. The SMILES string of the molecule is Cn1cc(CN2CCc3c(COCC4CC4)cncc3C2)cn1.O=C(O)C(F)(F)F.O=C(O)C(F)(F)F. The number of ether oxygens (including phenoxy) is 1. The molecule has 37 heavy (non-hydrogen) atoms. The van der Waals surface area contributed by atoms with E-state index in [0.717, 1.165) is 45.2 Å². The van der Waals surface area contributed by atoms with Crippen LogP contribution in [0.3, 0.4) is 0 Å². The lowest BCUT2D eigenvalue weighted by Crippen LogP contribution is -2.30. The molecule has 0 spiro atoms. The molecule has 9 nitrogen and oxygen atoms in total. The van der Waals surface area contributed by atoms with E-state index in [1.807, 2.05) is 30.3 Å². The predicted octanol–water partition coefficient (Wildman–Crippen LogP) is 3.57. The van der Waals surface area contributed by atoms with Gasteiger partial charge in [0.05, 0.1) is 12.8 Å². The fourth-order valence-corrected chi connectivity index (χ4v) is 3.32. The number of aromatic nitrogens is 3. The number of halogens is 6. The van der Waals surface area contributed by atoms with Crippen LogP contribution in [0.15, 0.2) is 24.8 Å². The van der Waals surface area contributed by atoms with Gasteiger partial charge in [-0.1, -0.05) is 0 Å². The Morgan fingerprint density at radius 1 is 1.05 bits per heavy atom. The maximum absolute atomic E-state index is 10.6. The van der Waals surface area contributed by atoms with Crippen LogP contribution in [-0.2, 0) is 47.5 Å². The molecule has 2 aromatic rings. The van der Waals surface area contributed by atoms with Gasteiger partial charge in [-0.05, 0) is 41.9 Å². The van der Waals surface area contributed by atoms with Gasteiger partial charge in [0.1, 0.15) is 0 Å². The van der Waals surface area contributed by atoms with Gasteiger partial charge in [0, 0.05) is 57.4 Å². The number of fused-ring (bicyclic) bond motifs is 1. The average molecular weight is 540 g/mol. The van der Waals surface area contributed by atoms with E-state index in [4.69, 9.17) is 24.5 Å². The molecule has 0 bridgehead atoms. The van der Waals surface area contributed by atoms with Crippen LogP contribution in [0.25, 0.3) is 0 Å². The summed E-state index contributed by atoms with van der Waals surface area (Å²) < 4.78 is 71.2. The van der Waals surface area contributed by atoms with Crippen molar-refractivity contribution in [3.05, 3.63) is 47.0 Å². The van der Waals surface area contributed by atoms with Crippen molar-refractivity contribution in [1.29, 1.82) is 0 Å². The highest BCUT2D eigenvalue weighted by Gasteiger charge is 2.38. The number of carboxylic acid groups (broad SMARTS) is 2. The summed E-state index contributed by atoms with van der Waals surface area (Å²) in [6.07, 6.45) is 1.66. The van der Waals surface area contributed by atoms with Gasteiger partial charge in [0.25, 0.3) is 0 Å². The van der Waals surface area contributed by atoms with Crippen LogP contribution in [0.2, 0.25) is 0 Å². The molecule has 1 saturated carbocycles. The van der Waals surface area contributed by atoms with Crippen molar-refractivity contribution < 1.29 is 50.9 Å². The number of hydrogen-bond donors (Lipinski definition) is 2. The van der Waals surface area contributed by atoms with Gasteiger partial charge >= 0.3 is 24.3 Å². The van der Waals surface area contributed by atoms with E-state index in [9.17, 15) is 26.3 Å². The number of rotatable bonds is 6. The summed E-state index contributed by atoms with van der Waals surface area (Å²) in [6.45, 7) is 4.64. The number of carbonyl (C=O) groups is 2. The number of aryl methyl sites for hydroxylation is 1. The first-order chi connectivity index (χ1) is 17.2. The lowest BCUT2D eigenvalue weighted by atomic mass is 9.97. The standard InChI is InChI=1S/C18H24N4O.2C2HF3O2/c1-21-9-15(6-20-21)10-22-5-4-18-16(11-22)7-19-8-17(18)13-23-12-14-2-3-14;2*3-2(4,5)1(6)7/h6-9,14H,2-5,10-13H2,1H3;2*(H,6,7). The summed E-state index contributed by atoms with van der Waals surface area (Å²) in [5, 5.41) is 18.5. The Bertz CT molecular complexity index is 1030. The Kier molecular flexibility index (Phi) is 10.4. The Labute approximate surface area is 207 Å². The molecule has 0 unspecified atom stereocenters. The van der Waals surface area contributed by atoms with Crippen LogP contribution in [0.5, 0.6) is 0 Å². The zero-order chi connectivity index (χ0) is 27.8. The van der Waals surface area contributed by atoms with Crippen molar-refractivity contribution in [3.8, 4) is 0 Å². The van der Waals surface area contributed by atoms with Crippen molar-refractivity contribution >= 4 is 11.9 Å². The first-order valence-corrected chi connectivity index (χ1v) is 11.0. The molecule has 1 aliphatic heterocycles. The van der Waals surface area contributed by atoms with Gasteiger partial charge in [-0.3, -0.25) is 14.6 Å². The molecule has 0 amide bonds. The summed E-state index contributed by atoms with van der Waals surface area (Å²) in [4.78, 5) is 24.7. The molecule has 0 saturated heterocycles. The molecule has 206 valence electrons. The van der Waals surface area contributed by atoms with Crippen LogP contribution < -0.4 is 0 Å². The largest absolute Gasteiger partial charge is 0.490 e. The summed E-state index contributed by atoms with van der Waals surface area (Å²) in [5.41, 5.74) is 5.36. The van der Waals surface area contributed by atoms with Crippen molar-refractivity contribution in [2.24, 2.45) is 13.0 Å². The van der Waals surface area contributed by atoms with Crippen LogP contribution in [0.4, 0.5) is 26.3 Å². The first kappa shape index (κ1) is 30.0. The molecule has 2 aliphatic rings. The molecule has 2 aromatic heterocycles. The fourth-order valence-electron chi connectivity index (χ4n) is 3.32. The predicted molar refractivity (Wildman–Crippen MR) is 115 cm³/mol. The van der Waals surface area contributed by atoms with E-state index in [1.165, 1.54) is 35.1 Å². The lowest BCUT2D eigenvalue weighted by Gasteiger charge is -2.29. The molecular formula is C22H26F6N4O5. The highest BCUT2D eigenvalue weighted by atomic mass is 19.4. The minimum Gasteiger partial charge on any atom is -0.475 e. The normalized spacial score (nSPS) is 15.5. The molecule has 0 radical (unpaired) electrons. The lowest BCUT2D eigenvalue weighted by molar-refractivity contribution is -0.193. The number of hydrogen-bond acceptors (Lipinski definition) is 6. The van der Waals surface area contributed by atoms with E-state index in [0.29, 0.717) is 0 Å². The van der Waals surface area contributed by atoms with Crippen LogP contribution in [-0.4, -0.2) is 67.3 Å². The van der Waals surface area contributed by atoms with Crippen molar-refractivity contribution in [2.75, 3.05) is 13.2 Å². The van der Waals surface area contributed by atoms with Gasteiger partial charge in [-0.15, -0.1) is 0 Å². The summed E-state index contributed by atoms with van der Waals surface area (Å²) >= 11 is 0. The highest BCUT2D eigenvalue weighted by molar-refractivity contribution is 5.73. The second-order valence-electron chi connectivity index (χ2n) is 8.48. The third-order valence-corrected chi connectivity index (χ3v) is 5.27. The van der Waals surface area contributed by atoms with E-state index < -0.39 is 24.3 Å². The Balaban J connectivity index is 0.000000286. The van der Waals surface area contributed by atoms with Crippen molar-refractivity contribution in [3.63, 3.8) is 0 Å². The van der Waals surface area contributed by atoms with Crippen molar-refractivity contribution in [1.82, 2.24) is 19.7 Å². The quantitative estimate of drug-likeness (QED) is 0.535. The molecule has 1 aliphatic carbocycles. The van der Waals surface area contributed by atoms with E-state index >= 15 is 0 Å². The molecule has 3 heterocycles. The number of alkyl halides is 6. The molecule has 2 N–H and O–H groups in total. The molecule has 0 atom stereocenters. The van der Waals surface area contributed by atoms with Gasteiger partial charge in [-0.25, -0.2) is 9.59 Å². The molecular weight excluding hydrogens is 514 g/mol. The van der Waals surface area contributed by atoms with Gasteiger partial charge < -0.3 is 14.9 Å². The maximum atomic E-state index is 10.6. The van der Waals surface area contributed by atoms with Crippen LogP contribution >= 0.6 is 0 Å². The Morgan fingerprint density at radius 2 is 1.65 bits per heavy atom.